The average molecular weight is 472 g/mol. The maximum atomic E-state index is 13.5. The zero-order valence-electron chi connectivity index (χ0n) is 19.9. The third-order valence-corrected chi connectivity index (χ3v) is 10.5. The number of nitrogens with zero attached hydrogens (tertiary/aromatic N) is 3. The molecular formula is C27H35F2N3O2. The maximum absolute atomic E-state index is 13.5. The molecule has 4 aliphatic carbocycles. The molecule has 5 nitrogen and oxygen atoms in total. The summed E-state index contributed by atoms with van der Waals surface area (Å²) in [6.07, 6.45) is 4.68. The molecule has 4 saturated carbocycles. The van der Waals surface area contributed by atoms with Gasteiger partial charge in [0.25, 0.3) is 6.43 Å². The summed E-state index contributed by atoms with van der Waals surface area (Å²) in [5.41, 5.74) is -0.146. The molecule has 0 bridgehead atoms. The molecule has 4 fully saturated rings. The number of aromatic nitrogens is 3. The molecule has 0 spiro atoms. The molecule has 6 rings (SSSR count). The van der Waals surface area contributed by atoms with Crippen molar-refractivity contribution in [2.45, 2.75) is 83.3 Å². The van der Waals surface area contributed by atoms with E-state index in [1.54, 1.807) is 4.80 Å². The Balaban J connectivity index is 1.17. The Hall–Kier alpha value is -1.89. The van der Waals surface area contributed by atoms with Crippen LogP contribution in [0.5, 0.6) is 0 Å². The Bertz CT molecular complexity index is 1060. The molecule has 34 heavy (non-hydrogen) atoms. The summed E-state index contributed by atoms with van der Waals surface area (Å²) in [4.78, 5) is 15.0. The van der Waals surface area contributed by atoms with Gasteiger partial charge in [-0.3, -0.25) is 4.79 Å². The van der Waals surface area contributed by atoms with Crippen molar-refractivity contribution < 1.29 is 18.7 Å². The van der Waals surface area contributed by atoms with E-state index in [9.17, 15) is 18.7 Å². The monoisotopic (exact) mass is 471 g/mol. The van der Waals surface area contributed by atoms with E-state index >= 15 is 0 Å². The lowest BCUT2D eigenvalue weighted by Crippen LogP contribution is -2.53. The van der Waals surface area contributed by atoms with Gasteiger partial charge < -0.3 is 5.11 Å². The van der Waals surface area contributed by atoms with E-state index < -0.39 is 12.0 Å². The van der Waals surface area contributed by atoms with Crippen molar-refractivity contribution >= 4 is 16.8 Å². The molecule has 4 aliphatic rings. The fourth-order valence-electron chi connectivity index (χ4n) is 8.86. The number of rotatable bonds is 4. The van der Waals surface area contributed by atoms with Crippen LogP contribution in [0.3, 0.4) is 0 Å². The van der Waals surface area contributed by atoms with Crippen molar-refractivity contribution in [3.05, 3.63) is 24.3 Å². The Labute approximate surface area is 199 Å². The lowest BCUT2D eigenvalue weighted by atomic mass is 9.49. The van der Waals surface area contributed by atoms with E-state index in [1.807, 2.05) is 24.3 Å². The van der Waals surface area contributed by atoms with Crippen molar-refractivity contribution in [3.8, 4) is 0 Å². The van der Waals surface area contributed by atoms with Crippen LogP contribution in [0.2, 0.25) is 0 Å². The number of benzene rings is 1. The van der Waals surface area contributed by atoms with Crippen molar-refractivity contribution in [1.82, 2.24) is 15.0 Å². The molecule has 7 heteroatoms. The number of carbonyl (C=O) groups excluding carboxylic acids is 1. The summed E-state index contributed by atoms with van der Waals surface area (Å²) in [7, 11) is 0. The summed E-state index contributed by atoms with van der Waals surface area (Å²) in [6.45, 7) is 2.56. The zero-order chi connectivity index (χ0) is 23.7. The fourth-order valence-corrected chi connectivity index (χ4v) is 8.86. The molecule has 0 saturated heterocycles. The first-order chi connectivity index (χ1) is 16.3. The van der Waals surface area contributed by atoms with Crippen molar-refractivity contribution in [1.29, 1.82) is 0 Å². The lowest BCUT2D eigenvalue weighted by molar-refractivity contribution is -0.160. The summed E-state index contributed by atoms with van der Waals surface area (Å²) in [5.74, 6) is 2.64. The highest BCUT2D eigenvalue weighted by Crippen LogP contribution is 2.65. The van der Waals surface area contributed by atoms with E-state index in [2.05, 4.69) is 17.1 Å². The summed E-state index contributed by atoms with van der Waals surface area (Å²) < 4.78 is 26.9. The summed E-state index contributed by atoms with van der Waals surface area (Å²) in [6, 6.07) is 7.70. The largest absolute Gasteiger partial charge is 0.384 e. The Morgan fingerprint density at radius 2 is 1.74 bits per heavy atom. The molecule has 0 aliphatic heterocycles. The number of carbonyl (C=O) groups is 1. The average Bonchev–Trinajstić information content (AvgIpc) is 3.38. The van der Waals surface area contributed by atoms with E-state index in [1.165, 1.54) is 0 Å². The van der Waals surface area contributed by atoms with Crippen LogP contribution in [0.15, 0.2) is 24.3 Å². The second-order valence-corrected chi connectivity index (χ2v) is 11.9. The molecule has 1 heterocycles. The predicted octanol–water partition coefficient (Wildman–Crippen LogP) is 5.27. The van der Waals surface area contributed by atoms with Crippen molar-refractivity contribution in [2.75, 3.05) is 0 Å². The molecule has 8 atom stereocenters. The van der Waals surface area contributed by atoms with Crippen LogP contribution in [0.4, 0.5) is 8.78 Å². The molecule has 0 amide bonds. The molecule has 2 aromatic rings. The number of halogens is 2. The Morgan fingerprint density at radius 3 is 2.44 bits per heavy atom. The first-order valence-electron chi connectivity index (χ1n) is 13.1. The topological polar surface area (TPSA) is 68.0 Å². The van der Waals surface area contributed by atoms with E-state index in [0.717, 1.165) is 56.0 Å². The smallest absolute Gasteiger partial charge is 0.266 e. The molecular weight excluding hydrogens is 436 g/mol. The van der Waals surface area contributed by atoms with Gasteiger partial charge in [-0.15, -0.1) is 0 Å². The number of hydrogen-bond acceptors (Lipinski definition) is 4. The van der Waals surface area contributed by atoms with Gasteiger partial charge in [0.1, 0.15) is 23.2 Å². The second-order valence-electron chi connectivity index (χ2n) is 11.9. The molecule has 1 aromatic heterocycles. The quantitative estimate of drug-likeness (QED) is 0.660. The van der Waals surface area contributed by atoms with Crippen LogP contribution < -0.4 is 0 Å². The summed E-state index contributed by atoms with van der Waals surface area (Å²) >= 11 is 0. The minimum atomic E-state index is -2.65. The normalized spacial score (nSPS) is 41.8. The van der Waals surface area contributed by atoms with Crippen LogP contribution in [-0.2, 0) is 11.3 Å². The Kier molecular flexibility index (Phi) is 5.36. The zero-order valence-corrected chi connectivity index (χ0v) is 19.9. The SMILES string of the molecule is C[C@]12CC[C@H]3[C@@H](CC[C@@H]4C[C@@](O)(C(F)F)CC[C@@H]43)[C@@H]1CC[C@@H]2C(=O)Cn1nc2ccccc2n1. The molecule has 1 aromatic carbocycles. The number of Topliss-reactive ketones (excluding diaryl/α,β-unsaturated/α-hetero) is 1. The maximum Gasteiger partial charge on any atom is 0.266 e. The van der Waals surface area contributed by atoms with Crippen LogP contribution in [0.25, 0.3) is 11.0 Å². The Morgan fingerprint density at radius 1 is 1.03 bits per heavy atom. The third kappa shape index (κ3) is 3.44. The van der Waals surface area contributed by atoms with Crippen molar-refractivity contribution in [2.24, 2.45) is 40.9 Å². The highest BCUT2D eigenvalue weighted by molar-refractivity contribution is 5.82. The number of aliphatic hydroxyl groups is 1. The van der Waals surface area contributed by atoms with Gasteiger partial charge in [-0.1, -0.05) is 19.1 Å². The van der Waals surface area contributed by atoms with Crippen LogP contribution in [0, 0.1) is 40.9 Å². The van der Waals surface area contributed by atoms with Gasteiger partial charge in [0.05, 0.1) is 0 Å². The fraction of sp³-hybridized carbons (Fsp3) is 0.741. The predicted molar refractivity (Wildman–Crippen MR) is 124 cm³/mol. The van der Waals surface area contributed by atoms with Crippen LogP contribution in [-0.4, -0.2) is 37.9 Å². The van der Waals surface area contributed by atoms with Gasteiger partial charge in [0, 0.05) is 5.92 Å². The lowest BCUT2D eigenvalue weighted by Gasteiger charge is -2.57. The van der Waals surface area contributed by atoms with Gasteiger partial charge in [-0.25, -0.2) is 8.78 Å². The summed E-state index contributed by atoms with van der Waals surface area (Å²) in [5, 5.41) is 19.4. The van der Waals surface area contributed by atoms with Gasteiger partial charge in [-0.05, 0) is 105 Å². The highest BCUT2D eigenvalue weighted by atomic mass is 19.3. The number of alkyl halides is 2. The first-order valence-corrected chi connectivity index (χ1v) is 13.1. The highest BCUT2D eigenvalue weighted by Gasteiger charge is 2.59. The van der Waals surface area contributed by atoms with Crippen LogP contribution >= 0.6 is 0 Å². The van der Waals surface area contributed by atoms with E-state index in [-0.39, 0.29) is 42.4 Å². The van der Waals surface area contributed by atoms with E-state index in [0.29, 0.717) is 23.7 Å². The first kappa shape index (κ1) is 22.6. The van der Waals surface area contributed by atoms with Gasteiger partial charge in [-0.2, -0.15) is 15.0 Å². The minimum Gasteiger partial charge on any atom is -0.384 e. The molecule has 0 radical (unpaired) electrons. The third-order valence-electron chi connectivity index (χ3n) is 10.5. The molecule has 0 unspecified atom stereocenters. The molecule has 1 N–H and O–H groups in total. The van der Waals surface area contributed by atoms with Crippen LogP contribution in [0.1, 0.15) is 64.7 Å². The standard InChI is InChI=1S/C27H35F2N3O2/c1-26-12-10-18-17-11-13-27(34,25(28)29)14-16(17)6-7-19(18)20(26)8-9-21(26)24(33)15-32-30-22-4-2-3-5-23(22)31-32/h2-5,16-21,25,34H,6-15H2,1H3/t16-,17+,18-,19-,20+,21-,26+,27-/m1/s1. The van der Waals surface area contributed by atoms with E-state index in [4.69, 9.17) is 0 Å². The number of fused-ring (bicyclic) bond motifs is 6. The second kappa shape index (κ2) is 8.07. The van der Waals surface area contributed by atoms with Gasteiger partial charge in [0.2, 0.25) is 0 Å². The van der Waals surface area contributed by atoms with Gasteiger partial charge in [0.15, 0.2) is 5.78 Å². The number of hydrogen-bond donors (Lipinski definition) is 1. The molecule has 184 valence electrons. The minimum absolute atomic E-state index is 0.00996. The van der Waals surface area contributed by atoms with Crippen molar-refractivity contribution in [3.63, 3.8) is 0 Å². The van der Waals surface area contributed by atoms with Gasteiger partial charge >= 0.3 is 0 Å². The number of ketones is 1.